The lowest BCUT2D eigenvalue weighted by atomic mass is 9.96. The lowest BCUT2D eigenvalue weighted by Gasteiger charge is -2.28. The van der Waals surface area contributed by atoms with Crippen molar-refractivity contribution in [2.75, 3.05) is 0 Å². The minimum atomic E-state index is -0.820. The van der Waals surface area contributed by atoms with Crippen molar-refractivity contribution in [3.63, 3.8) is 0 Å². The van der Waals surface area contributed by atoms with Gasteiger partial charge in [0.25, 0.3) is 0 Å². The molecule has 0 aliphatic carbocycles. The quantitative estimate of drug-likeness (QED) is 0.768. The van der Waals surface area contributed by atoms with E-state index in [0.717, 1.165) is 11.6 Å². The van der Waals surface area contributed by atoms with Crippen molar-refractivity contribution in [2.45, 2.75) is 31.7 Å². The summed E-state index contributed by atoms with van der Waals surface area (Å²) >= 11 is 0. The molecule has 118 valence electrons. The van der Waals surface area contributed by atoms with E-state index in [4.69, 9.17) is 5.73 Å². The minimum Gasteiger partial charge on any atom is -0.392 e. The third-order valence-electron chi connectivity index (χ3n) is 3.55. The van der Waals surface area contributed by atoms with Crippen LogP contribution in [0.25, 0.3) is 0 Å². The normalized spacial score (nSPS) is 15.3. The first kappa shape index (κ1) is 16.5. The van der Waals surface area contributed by atoms with Gasteiger partial charge in [0, 0.05) is 18.7 Å². The maximum Gasteiger partial charge on any atom is 0.126 e. The van der Waals surface area contributed by atoms with Gasteiger partial charge in [-0.1, -0.05) is 30.3 Å². The lowest BCUT2D eigenvalue weighted by molar-refractivity contribution is 0.142. The van der Waals surface area contributed by atoms with Crippen LogP contribution in [0.2, 0.25) is 0 Å². The van der Waals surface area contributed by atoms with E-state index >= 15 is 0 Å². The molecule has 0 aliphatic rings. The Hall–Kier alpha value is -1.82. The van der Waals surface area contributed by atoms with Crippen LogP contribution in [0.4, 0.5) is 8.78 Å². The summed E-state index contributed by atoms with van der Waals surface area (Å²) in [6.07, 6.45) is -0.820. The van der Waals surface area contributed by atoms with Crippen LogP contribution in [0.1, 0.15) is 24.1 Å². The summed E-state index contributed by atoms with van der Waals surface area (Å²) in [4.78, 5) is 0. The van der Waals surface area contributed by atoms with Crippen LogP contribution in [0.3, 0.4) is 0 Å². The Morgan fingerprint density at radius 1 is 1.09 bits per heavy atom. The molecule has 1 unspecified atom stereocenters. The maximum absolute atomic E-state index is 13.4. The highest BCUT2D eigenvalue weighted by Gasteiger charge is 2.24. The van der Waals surface area contributed by atoms with Crippen molar-refractivity contribution in [1.82, 2.24) is 5.32 Å². The lowest BCUT2D eigenvalue weighted by Crippen LogP contribution is -2.44. The molecule has 0 spiro atoms. The van der Waals surface area contributed by atoms with Crippen molar-refractivity contribution >= 4 is 0 Å². The van der Waals surface area contributed by atoms with Crippen LogP contribution < -0.4 is 11.1 Å². The molecular formula is C17H20F2N2O. The Balaban J connectivity index is 2.22. The van der Waals surface area contributed by atoms with Crippen LogP contribution in [-0.2, 0) is 6.54 Å². The van der Waals surface area contributed by atoms with Crippen LogP contribution >= 0.6 is 0 Å². The van der Waals surface area contributed by atoms with Crippen molar-refractivity contribution in [3.05, 3.63) is 71.3 Å². The highest BCUT2D eigenvalue weighted by atomic mass is 19.1. The zero-order chi connectivity index (χ0) is 16.1. The monoisotopic (exact) mass is 306 g/mol. The van der Waals surface area contributed by atoms with Crippen molar-refractivity contribution < 1.29 is 13.9 Å². The first-order chi connectivity index (χ1) is 10.5. The largest absolute Gasteiger partial charge is 0.392 e. The van der Waals surface area contributed by atoms with Crippen LogP contribution in [-0.4, -0.2) is 17.3 Å². The summed E-state index contributed by atoms with van der Waals surface area (Å²) in [5.74, 6) is -1.33. The summed E-state index contributed by atoms with van der Waals surface area (Å²) in [6.45, 7) is 2.03. The number of benzene rings is 2. The number of rotatable bonds is 6. The molecule has 0 amide bonds. The molecular weight excluding hydrogens is 286 g/mol. The highest BCUT2D eigenvalue weighted by Crippen LogP contribution is 2.21. The van der Waals surface area contributed by atoms with Gasteiger partial charge in [-0.2, -0.15) is 0 Å². The third kappa shape index (κ3) is 4.34. The Kier molecular flexibility index (Phi) is 5.60. The second-order valence-corrected chi connectivity index (χ2v) is 5.36. The van der Waals surface area contributed by atoms with Gasteiger partial charge in [0.15, 0.2) is 0 Å². The zero-order valence-corrected chi connectivity index (χ0v) is 12.3. The zero-order valence-electron chi connectivity index (χ0n) is 12.3. The SMILES string of the molecule is C[C@@H](O)[C@@H](N)C(NCc1ccccc1)c1cc(F)cc(F)c1. The molecule has 5 heteroatoms. The van der Waals surface area contributed by atoms with E-state index in [1.54, 1.807) is 6.92 Å². The Morgan fingerprint density at radius 3 is 2.23 bits per heavy atom. The van der Waals surface area contributed by atoms with E-state index in [2.05, 4.69) is 5.32 Å². The molecule has 4 N–H and O–H groups in total. The van der Waals surface area contributed by atoms with Crippen LogP contribution in [0.15, 0.2) is 48.5 Å². The number of hydrogen-bond acceptors (Lipinski definition) is 3. The molecule has 3 atom stereocenters. The molecule has 0 saturated heterocycles. The molecule has 0 aliphatic heterocycles. The van der Waals surface area contributed by atoms with E-state index in [1.165, 1.54) is 12.1 Å². The van der Waals surface area contributed by atoms with Gasteiger partial charge >= 0.3 is 0 Å². The molecule has 3 nitrogen and oxygen atoms in total. The molecule has 2 rings (SSSR count). The van der Waals surface area contributed by atoms with Gasteiger partial charge in [0.2, 0.25) is 0 Å². The molecule has 0 bridgehead atoms. The maximum atomic E-state index is 13.4. The molecule has 0 radical (unpaired) electrons. The standard InChI is InChI=1S/C17H20F2N2O/c1-11(22)16(20)17(13-7-14(18)9-15(19)8-13)21-10-12-5-3-2-4-6-12/h2-9,11,16-17,21-22H,10,20H2,1H3/t11-,16-,17?/m1/s1. The first-order valence-electron chi connectivity index (χ1n) is 7.14. The molecule has 2 aromatic rings. The predicted molar refractivity (Wildman–Crippen MR) is 82.0 cm³/mol. The van der Waals surface area contributed by atoms with Gasteiger partial charge in [-0.05, 0) is 30.2 Å². The second-order valence-electron chi connectivity index (χ2n) is 5.36. The van der Waals surface area contributed by atoms with Gasteiger partial charge in [-0.3, -0.25) is 0 Å². The van der Waals surface area contributed by atoms with E-state index in [0.29, 0.717) is 12.1 Å². The van der Waals surface area contributed by atoms with Crippen LogP contribution in [0.5, 0.6) is 0 Å². The smallest absolute Gasteiger partial charge is 0.126 e. The van der Waals surface area contributed by atoms with E-state index < -0.39 is 29.8 Å². The van der Waals surface area contributed by atoms with Gasteiger partial charge in [0.05, 0.1) is 12.1 Å². The highest BCUT2D eigenvalue weighted by molar-refractivity contribution is 5.24. The number of hydrogen-bond donors (Lipinski definition) is 3. The fourth-order valence-electron chi connectivity index (χ4n) is 2.33. The van der Waals surface area contributed by atoms with Gasteiger partial charge in [0.1, 0.15) is 11.6 Å². The molecule has 0 fully saturated rings. The average molecular weight is 306 g/mol. The summed E-state index contributed by atoms with van der Waals surface area (Å²) < 4.78 is 26.9. The topological polar surface area (TPSA) is 58.3 Å². The third-order valence-corrected chi connectivity index (χ3v) is 3.55. The summed E-state index contributed by atoms with van der Waals surface area (Å²) in [5.41, 5.74) is 7.39. The fraction of sp³-hybridized carbons (Fsp3) is 0.294. The number of aliphatic hydroxyl groups is 1. The molecule has 22 heavy (non-hydrogen) atoms. The molecule has 0 aromatic heterocycles. The molecule has 0 heterocycles. The number of halogens is 2. The molecule has 2 aromatic carbocycles. The van der Waals surface area contributed by atoms with Crippen molar-refractivity contribution in [2.24, 2.45) is 5.73 Å². The van der Waals surface area contributed by atoms with E-state index in [-0.39, 0.29) is 0 Å². The van der Waals surface area contributed by atoms with Crippen LogP contribution in [0, 0.1) is 11.6 Å². The summed E-state index contributed by atoms with van der Waals surface area (Å²) in [6, 6.07) is 11.6. The predicted octanol–water partition coefficient (Wildman–Crippen LogP) is 2.50. The minimum absolute atomic E-state index is 0.377. The van der Waals surface area contributed by atoms with E-state index in [9.17, 15) is 13.9 Å². The number of nitrogens with two attached hydrogens (primary N) is 1. The number of nitrogens with one attached hydrogen (secondary N) is 1. The Morgan fingerprint density at radius 2 is 1.68 bits per heavy atom. The van der Waals surface area contributed by atoms with Gasteiger partial charge in [-0.15, -0.1) is 0 Å². The summed E-state index contributed by atoms with van der Waals surface area (Å²) in [5, 5.41) is 12.9. The van der Waals surface area contributed by atoms with Gasteiger partial charge < -0.3 is 16.2 Å². The van der Waals surface area contributed by atoms with Gasteiger partial charge in [-0.25, -0.2) is 8.78 Å². The second kappa shape index (κ2) is 7.45. The van der Waals surface area contributed by atoms with Crippen molar-refractivity contribution in [1.29, 1.82) is 0 Å². The first-order valence-corrected chi connectivity index (χ1v) is 7.14. The molecule has 0 saturated carbocycles. The summed E-state index contributed by atoms with van der Waals surface area (Å²) in [7, 11) is 0. The average Bonchev–Trinajstić information content (AvgIpc) is 2.47. The van der Waals surface area contributed by atoms with E-state index in [1.807, 2.05) is 30.3 Å². The Labute approximate surface area is 128 Å². The Bertz CT molecular complexity index is 585. The number of aliphatic hydroxyl groups excluding tert-OH is 1. The fourth-order valence-corrected chi connectivity index (χ4v) is 2.33. The van der Waals surface area contributed by atoms with Crippen molar-refractivity contribution in [3.8, 4) is 0 Å².